The molecule has 0 radical (unpaired) electrons. The number of hydrogen-bond donors (Lipinski definition) is 1. The van der Waals surface area contributed by atoms with Crippen LogP contribution < -0.4 is 15.0 Å². The standard InChI is InChI=1S/C22H26N6O3/c1-15(2)20-25-26-21(31-20)18-5-4-10-23-19(18)27-11-13-28(14-12-27)22(29)24-16-6-8-17(30-3)9-7-16/h4-10,15H,11-14H2,1-3H3,(H,24,29). The molecule has 4 rings (SSSR count). The fraction of sp³-hybridized carbons (Fsp3) is 0.364. The molecule has 0 atom stereocenters. The molecular formula is C22H26N6O3. The number of aromatic nitrogens is 3. The number of benzene rings is 1. The minimum absolute atomic E-state index is 0.121. The number of nitrogens with one attached hydrogen (secondary N) is 1. The first-order chi connectivity index (χ1) is 15.0. The largest absolute Gasteiger partial charge is 0.497 e. The monoisotopic (exact) mass is 422 g/mol. The third-order valence-electron chi connectivity index (χ3n) is 5.16. The Morgan fingerprint density at radius 2 is 1.84 bits per heavy atom. The van der Waals surface area contributed by atoms with E-state index >= 15 is 0 Å². The molecule has 3 heterocycles. The van der Waals surface area contributed by atoms with Gasteiger partial charge in [-0.1, -0.05) is 13.8 Å². The molecule has 1 aromatic carbocycles. The van der Waals surface area contributed by atoms with E-state index in [1.807, 2.05) is 50.2 Å². The minimum atomic E-state index is -0.121. The van der Waals surface area contributed by atoms with Crippen LogP contribution in [0.3, 0.4) is 0 Å². The van der Waals surface area contributed by atoms with E-state index in [9.17, 15) is 4.79 Å². The Kier molecular flexibility index (Phi) is 6.01. The van der Waals surface area contributed by atoms with Gasteiger partial charge in [0.2, 0.25) is 5.89 Å². The van der Waals surface area contributed by atoms with Crippen LogP contribution in [-0.4, -0.2) is 59.4 Å². The summed E-state index contributed by atoms with van der Waals surface area (Å²) in [6.45, 7) is 6.50. The molecule has 9 nitrogen and oxygen atoms in total. The molecule has 1 aliphatic rings. The van der Waals surface area contributed by atoms with Gasteiger partial charge in [0.25, 0.3) is 5.89 Å². The second-order valence-corrected chi connectivity index (χ2v) is 7.61. The van der Waals surface area contributed by atoms with Crippen LogP contribution >= 0.6 is 0 Å². The fourth-order valence-electron chi connectivity index (χ4n) is 3.39. The Hall–Kier alpha value is -3.62. The summed E-state index contributed by atoms with van der Waals surface area (Å²) >= 11 is 0. The Labute approximate surface area is 181 Å². The number of ether oxygens (including phenoxy) is 1. The highest BCUT2D eigenvalue weighted by Gasteiger charge is 2.25. The zero-order chi connectivity index (χ0) is 21.8. The van der Waals surface area contributed by atoms with Crippen molar-refractivity contribution >= 4 is 17.5 Å². The molecule has 0 saturated carbocycles. The SMILES string of the molecule is COc1ccc(NC(=O)N2CCN(c3ncccc3-c3nnc(C(C)C)o3)CC2)cc1. The number of urea groups is 1. The summed E-state index contributed by atoms with van der Waals surface area (Å²) in [5.41, 5.74) is 1.54. The average Bonchev–Trinajstić information content (AvgIpc) is 3.30. The molecule has 0 spiro atoms. The van der Waals surface area contributed by atoms with Gasteiger partial charge >= 0.3 is 6.03 Å². The van der Waals surface area contributed by atoms with Crippen LogP contribution in [0.2, 0.25) is 0 Å². The lowest BCUT2D eigenvalue weighted by atomic mass is 10.2. The molecule has 9 heteroatoms. The van der Waals surface area contributed by atoms with Crippen molar-refractivity contribution in [2.24, 2.45) is 0 Å². The Morgan fingerprint density at radius 3 is 2.48 bits per heavy atom. The van der Waals surface area contributed by atoms with Crippen LogP contribution in [0.4, 0.5) is 16.3 Å². The average molecular weight is 422 g/mol. The second-order valence-electron chi connectivity index (χ2n) is 7.61. The van der Waals surface area contributed by atoms with Gasteiger partial charge in [-0.15, -0.1) is 10.2 Å². The number of amides is 2. The van der Waals surface area contributed by atoms with Crippen LogP contribution in [-0.2, 0) is 0 Å². The predicted octanol–water partition coefficient (Wildman–Crippen LogP) is 3.62. The van der Waals surface area contributed by atoms with Gasteiger partial charge in [-0.05, 0) is 36.4 Å². The van der Waals surface area contributed by atoms with E-state index in [-0.39, 0.29) is 11.9 Å². The highest BCUT2D eigenvalue weighted by Crippen LogP contribution is 2.29. The molecule has 1 saturated heterocycles. The molecule has 0 bridgehead atoms. The van der Waals surface area contributed by atoms with Crippen molar-refractivity contribution < 1.29 is 13.9 Å². The quantitative estimate of drug-likeness (QED) is 0.671. The number of rotatable bonds is 5. The molecule has 2 amide bonds. The number of anilines is 2. The van der Waals surface area contributed by atoms with Crippen LogP contribution in [0.15, 0.2) is 47.0 Å². The third-order valence-corrected chi connectivity index (χ3v) is 5.16. The highest BCUT2D eigenvalue weighted by molar-refractivity contribution is 5.89. The molecule has 2 aromatic heterocycles. The lowest BCUT2D eigenvalue weighted by molar-refractivity contribution is 0.208. The van der Waals surface area contributed by atoms with E-state index in [1.165, 1.54) is 0 Å². The Bertz CT molecular complexity index is 1030. The lowest BCUT2D eigenvalue weighted by Gasteiger charge is -2.35. The second kappa shape index (κ2) is 9.03. The summed E-state index contributed by atoms with van der Waals surface area (Å²) in [5.74, 6) is 2.77. The van der Waals surface area contributed by atoms with Crippen molar-refractivity contribution in [1.82, 2.24) is 20.1 Å². The Balaban J connectivity index is 1.41. The van der Waals surface area contributed by atoms with E-state index in [1.54, 1.807) is 18.2 Å². The number of piperazine rings is 1. The van der Waals surface area contributed by atoms with Crippen molar-refractivity contribution in [3.63, 3.8) is 0 Å². The van der Waals surface area contributed by atoms with E-state index in [2.05, 4.69) is 25.4 Å². The fourth-order valence-corrected chi connectivity index (χ4v) is 3.39. The first-order valence-electron chi connectivity index (χ1n) is 10.3. The van der Waals surface area contributed by atoms with Gasteiger partial charge in [-0.2, -0.15) is 0 Å². The van der Waals surface area contributed by atoms with Crippen molar-refractivity contribution in [2.75, 3.05) is 43.5 Å². The number of hydrogen-bond acceptors (Lipinski definition) is 7. The smallest absolute Gasteiger partial charge is 0.321 e. The van der Waals surface area contributed by atoms with Crippen molar-refractivity contribution in [3.05, 3.63) is 48.5 Å². The maximum absolute atomic E-state index is 12.6. The third kappa shape index (κ3) is 4.60. The van der Waals surface area contributed by atoms with Crippen LogP contribution in [0.1, 0.15) is 25.7 Å². The van der Waals surface area contributed by atoms with Gasteiger partial charge < -0.3 is 24.3 Å². The molecule has 3 aromatic rings. The zero-order valence-electron chi connectivity index (χ0n) is 17.9. The normalized spacial score (nSPS) is 14.1. The molecule has 162 valence electrons. The zero-order valence-corrected chi connectivity index (χ0v) is 17.9. The lowest BCUT2D eigenvalue weighted by Crippen LogP contribution is -2.50. The van der Waals surface area contributed by atoms with E-state index in [4.69, 9.17) is 9.15 Å². The summed E-state index contributed by atoms with van der Waals surface area (Å²) in [4.78, 5) is 21.1. The topological polar surface area (TPSA) is 96.6 Å². The maximum atomic E-state index is 12.6. The van der Waals surface area contributed by atoms with E-state index in [0.29, 0.717) is 38.0 Å². The molecule has 0 unspecified atom stereocenters. The van der Waals surface area contributed by atoms with Crippen molar-refractivity contribution in [3.8, 4) is 17.2 Å². The minimum Gasteiger partial charge on any atom is -0.497 e. The highest BCUT2D eigenvalue weighted by atomic mass is 16.5. The number of methoxy groups -OCH3 is 1. The summed E-state index contributed by atoms with van der Waals surface area (Å²) < 4.78 is 11.0. The number of nitrogens with zero attached hydrogens (tertiary/aromatic N) is 5. The molecule has 1 fully saturated rings. The predicted molar refractivity (Wildman–Crippen MR) is 117 cm³/mol. The number of carbonyl (C=O) groups excluding carboxylic acids is 1. The molecule has 1 aliphatic heterocycles. The van der Waals surface area contributed by atoms with Crippen LogP contribution in [0.5, 0.6) is 5.75 Å². The van der Waals surface area contributed by atoms with Gasteiger partial charge in [0.15, 0.2) is 0 Å². The molecule has 0 aliphatic carbocycles. The molecule has 31 heavy (non-hydrogen) atoms. The molecular weight excluding hydrogens is 396 g/mol. The number of pyridine rings is 1. The van der Waals surface area contributed by atoms with Crippen LogP contribution in [0, 0.1) is 0 Å². The summed E-state index contributed by atoms with van der Waals surface area (Å²) in [7, 11) is 1.61. The molecule has 1 N–H and O–H groups in total. The Morgan fingerprint density at radius 1 is 1.10 bits per heavy atom. The van der Waals surface area contributed by atoms with E-state index in [0.717, 1.165) is 22.8 Å². The summed E-state index contributed by atoms with van der Waals surface area (Å²) in [6, 6.07) is 11.0. The van der Waals surface area contributed by atoms with Gasteiger partial charge in [-0.25, -0.2) is 9.78 Å². The summed E-state index contributed by atoms with van der Waals surface area (Å²) in [6.07, 6.45) is 1.75. The number of carbonyl (C=O) groups is 1. The van der Waals surface area contributed by atoms with Crippen LogP contribution in [0.25, 0.3) is 11.5 Å². The van der Waals surface area contributed by atoms with Crippen molar-refractivity contribution in [1.29, 1.82) is 0 Å². The van der Waals surface area contributed by atoms with Gasteiger partial charge in [0.05, 0.1) is 12.7 Å². The maximum Gasteiger partial charge on any atom is 0.321 e. The first-order valence-corrected chi connectivity index (χ1v) is 10.3. The van der Waals surface area contributed by atoms with Gasteiger partial charge in [-0.3, -0.25) is 0 Å². The summed E-state index contributed by atoms with van der Waals surface area (Å²) in [5, 5.41) is 11.3. The van der Waals surface area contributed by atoms with Gasteiger partial charge in [0, 0.05) is 44.0 Å². The van der Waals surface area contributed by atoms with Crippen molar-refractivity contribution in [2.45, 2.75) is 19.8 Å². The van der Waals surface area contributed by atoms with Gasteiger partial charge in [0.1, 0.15) is 11.6 Å². The van der Waals surface area contributed by atoms with E-state index < -0.39 is 0 Å². The first kappa shape index (κ1) is 20.6.